The molecule has 88 valence electrons. The van der Waals surface area contributed by atoms with Crippen molar-refractivity contribution >= 4 is 47.8 Å². The van der Waals surface area contributed by atoms with Crippen molar-refractivity contribution in [1.29, 1.82) is 0 Å². The largest absolute Gasteiger partial charge is 0.0835 e. The molecule has 0 heterocycles. The highest BCUT2D eigenvalue weighted by Crippen LogP contribution is 2.29. The highest BCUT2D eigenvalue weighted by atomic mass is 79.9. The summed E-state index contributed by atoms with van der Waals surface area (Å²) in [6.45, 7) is 0. The van der Waals surface area contributed by atoms with Gasteiger partial charge in [-0.25, -0.2) is 0 Å². The second-order valence-electron chi connectivity index (χ2n) is 3.85. The molecule has 0 saturated carbocycles. The van der Waals surface area contributed by atoms with Crippen LogP contribution in [0.2, 0.25) is 0 Å². The van der Waals surface area contributed by atoms with Gasteiger partial charge in [-0.3, -0.25) is 0 Å². The van der Waals surface area contributed by atoms with Gasteiger partial charge in [0, 0.05) is 13.8 Å². The second-order valence-corrected chi connectivity index (χ2v) is 6.79. The molecule has 1 atom stereocenters. The average molecular weight is 419 g/mol. The average Bonchev–Trinajstić information content (AvgIpc) is 2.32. The summed E-state index contributed by atoms with van der Waals surface area (Å²) in [5, 5.41) is 0. The second kappa shape index (κ2) is 6.17. The molecule has 2 rings (SSSR count). The topological polar surface area (TPSA) is 0 Å². The fourth-order valence-electron chi connectivity index (χ4n) is 1.65. The van der Waals surface area contributed by atoms with Crippen LogP contribution >= 0.6 is 47.8 Å². The van der Waals surface area contributed by atoms with Crippen molar-refractivity contribution in [3.05, 3.63) is 68.6 Å². The minimum absolute atomic E-state index is 0.348. The van der Waals surface area contributed by atoms with Crippen LogP contribution in [-0.4, -0.2) is 0 Å². The SMILES string of the molecule is Brc1ccc(CC(Br)c2cccc(Br)c2)cc1. The quantitative estimate of drug-likeness (QED) is 0.545. The fourth-order valence-corrected chi connectivity index (χ4v) is 2.99. The molecule has 0 aliphatic carbocycles. The molecule has 0 bridgehead atoms. The minimum Gasteiger partial charge on any atom is -0.0835 e. The smallest absolute Gasteiger partial charge is 0.0436 e. The van der Waals surface area contributed by atoms with E-state index in [0.717, 1.165) is 15.4 Å². The maximum atomic E-state index is 3.74. The van der Waals surface area contributed by atoms with E-state index in [1.165, 1.54) is 11.1 Å². The van der Waals surface area contributed by atoms with Crippen LogP contribution in [0.5, 0.6) is 0 Å². The Morgan fingerprint density at radius 3 is 2.24 bits per heavy atom. The zero-order chi connectivity index (χ0) is 12.3. The Kier molecular flexibility index (Phi) is 4.83. The normalized spacial score (nSPS) is 12.4. The molecule has 17 heavy (non-hydrogen) atoms. The maximum Gasteiger partial charge on any atom is 0.0436 e. The summed E-state index contributed by atoms with van der Waals surface area (Å²) in [7, 11) is 0. The number of alkyl halides is 1. The summed E-state index contributed by atoms with van der Waals surface area (Å²) in [4.78, 5) is 0.348. The summed E-state index contributed by atoms with van der Waals surface area (Å²) in [6.07, 6.45) is 0.990. The van der Waals surface area contributed by atoms with Crippen LogP contribution in [0.4, 0.5) is 0 Å². The first-order valence-corrected chi connectivity index (χ1v) is 7.79. The minimum atomic E-state index is 0.348. The van der Waals surface area contributed by atoms with Crippen molar-refractivity contribution < 1.29 is 0 Å². The van der Waals surface area contributed by atoms with Crippen LogP contribution in [0.15, 0.2) is 57.5 Å². The first-order chi connectivity index (χ1) is 8.15. The third kappa shape index (κ3) is 3.94. The van der Waals surface area contributed by atoms with Crippen LogP contribution in [-0.2, 0) is 6.42 Å². The molecule has 3 heteroatoms. The Balaban J connectivity index is 2.11. The van der Waals surface area contributed by atoms with E-state index in [2.05, 4.69) is 90.3 Å². The zero-order valence-electron chi connectivity index (χ0n) is 9.04. The molecule has 0 N–H and O–H groups in total. The molecular formula is C14H11Br3. The van der Waals surface area contributed by atoms with E-state index in [9.17, 15) is 0 Å². The van der Waals surface area contributed by atoms with Gasteiger partial charge in [0.05, 0.1) is 0 Å². The zero-order valence-corrected chi connectivity index (χ0v) is 13.8. The lowest BCUT2D eigenvalue weighted by Gasteiger charge is -2.10. The fraction of sp³-hybridized carbons (Fsp3) is 0.143. The summed E-state index contributed by atoms with van der Waals surface area (Å²) < 4.78 is 2.24. The molecule has 0 spiro atoms. The van der Waals surface area contributed by atoms with Crippen molar-refractivity contribution in [3.8, 4) is 0 Å². The van der Waals surface area contributed by atoms with Crippen molar-refractivity contribution in [2.75, 3.05) is 0 Å². The molecule has 2 aromatic rings. The third-order valence-electron chi connectivity index (χ3n) is 2.54. The van der Waals surface area contributed by atoms with E-state index in [0.29, 0.717) is 4.83 Å². The van der Waals surface area contributed by atoms with Gasteiger partial charge in [-0.15, -0.1) is 0 Å². The summed E-state index contributed by atoms with van der Waals surface area (Å²) >= 11 is 10.7. The van der Waals surface area contributed by atoms with Gasteiger partial charge in [0.1, 0.15) is 0 Å². The summed E-state index contributed by atoms with van der Waals surface area (Å²) in [6, 6.07) is 16.9. The van der Waals surface area contributed by atoms with E-state index in [-0.39, 0.29) is 0 Å². The van der Waals surface area contributed by atoms with Crippen molar-refractivity contribution in [1.82, 2.24) is 0 Å². The summed E-state index contributed by atoms with van der Waals surface area (Å²) in [5.74, 6) is 0. The van der Waals surface area contributed by atoms with Gasteiger partial charge < -0.3 is 0 Å². The van der Waals surface area contributed by atoms with E-state index in [1.807, 2.05) is 6.07 Å². The molecule has 0 amide bonds. The van der Waals surface area contributed by atoms with Gasteiger partial charge in [0.15, 0.2) is 0 Å². The van der Waals surface area contributed by atoms with Crippen LogP contribution in [0, 0.1) is 0 Å². The number of hydrogen-bond donors (Lipinski definition) is 0. The lowest BCUT2D eigenvalue weighted by molar-refractivity contribution is 0.947. The standard InChI is InChI=1S/C14H11Br3/c15-12-6-4-10(5-7-12)8-14(17)11-2-1-3-13(16)9-11/h1-7,9,14H,8H2. The number of benzene rings is 2. The Morgan fingerprint density at radius 2 is 1.59 bits per heavy atom. The van der Waals surface area contributed by atoms with Gasteiger partial charge in [-0.2, -0.15) is 0 Å². The Bertz CT molecular complexity index is 491. The molecule has 1 unspecified atom stereocenters. The van der Waals surface area contributed by atoms with Gasteiger partial charge in [-0.1, -0.05) is 72.1 Å². The molecule has 0 fully saturated rings. The van der Waals surface area contributed by atoms with E-state index < -0.39 is 0 Å². The van der Waals surface area contributed by atoms with Crippen molar-refractivity contribution in [3.63, 3.8) is 0 Å². The Hall–Kier alpha value is -0.120. The van der Waals surface area contributed by atoms with Gasteiger partial charge in [0.2, 0.25) is 0 Å². The monoisotopic (exact) mass is 416 g/mol. The Morgan fingerprint density at radius 1 is 0.882 bits per heavy atom. The van der Waals surface area contributed by atoms with Crippen molar-refractivity contribution in [2.45, 2.75) is 11.2 Å². The first-order valence-electron chi connectivity index (χ1n) is 5.29. The van der Waals surface area contributed by atoms with Gasteiger partial charge in [0.25, 0.3) is 0 Å². The van der Waals surface area contributed by atoms with E-state index in [1.54, 1.807) is 0 Å². The predicted octanol–water partition coefficient (Wildman–Crippen LogP) is 5.89. The van der Waals surface area contributed by atoms with Crippen LogP contribution in [0.25, 0.3) is 0 Å². The lowest BCUT2D eigenvalue weighted by atomic mass is 10.0. The predicted molar refractivity (Wildman–Crippen MR) is 83.7 cm³/mol. The highest BCUT2D eigenvalue weighted by molar-refractivity contribution is 9.10. The molecule has 0 radical (unpaired) electrons. The van der Waals surface area contributed by atoms with Gasteiger partial charge >= 0.3 is 0 Å². The van der Waals surface area contributed by atoms with Gasteiger partial charge in [-0.05, 0) is 41.8 Å². The number of hydrogen-bond acceptors (Lipinski definition) is 0. The van der Waals surface area contributed by atoms with E-state index >= 15 is 0 Å². The molecule has 0 aliphatic heterocycles. The maximum absolute atomic E-state index is 3.74. The van der Waals surface area contributed by atoms with E-state index in [4.69, 9.17) is 0 Å². The van der Waals surface area contributed by atoms with Crippen LogP contribution in [0.1, 0.15) is 16.0 Å². The lowest BCUT2D eigenvalue weighted by Crippen LogP contribution is -1.95. The molecule has 0 nitrogen and oxygen atoms in total. The molecular weight excluding hydrogens is 408 g/mol. The van der Waals surface area contributed by atoms with Crippen LogP contribution < -0.4 is 0 Å². The highest BCUT2D eigenvalue weighted by Gasteiger charge is 2.08. The van der Waals surface area contributed by atoms with Crippen LogP contribution in [0.3, 0.4) is 0 Å². The van der Waals surface area contributed by atoms with Crippen molar-refractivity contribution in [2.24, 2.45) is 0 Å². The molecule has 0 aromatic heterocycles. The number of rotatable bonds is 3. The summed E-state index contributed by atoms with van der Waals surface area (Å²) in [5.41, 5.74) is 2.62. The molecule has 0 aliphatic rings. The number of halogens is 3. The molecule has 2 aromatic carbocycles. The Labute approximate surface area is 127 Å². The first kappa shape index (κ1) is 13.3. The molecule has 0 saturated heterocycles. The third-order valence-corrected chi connectivity index (χ3v) is 4.41.